The number of fused-ring (bicyclic) bond motifs is 4. The molecule has 6 aliphatic carbocycles. The topological polar surface area (TPSA) is 18.5 Å². The highest BCUT2D eigenvalue weighted by Gasteiger charge is 2.89. The van der Waals surface area contributed by atoms with Gasteiger partial charge in [0.25, 0.3) is 0 Å². The lowest BCUT2D eigenvalue weighted by molar-refractivity contribution is -0.105. The van der Waals surface area contributed by atoms with Crippen LogP contribution in [0.15, 0.2) is 0 Å². The van der Waals surface area contributed by atoms with E-state index in [2.05, 4.69) is 31.9 Å². The number of alkyl halides is 2. The van der Waals surface area contributed by atoms with Gasteiger partial charge in [0.2, 0.25) is 0 Å². The van der Waals surface area contributed by atoms with Crippen LogP contribution in [-0.4, -0.2) is 34.1 Å². The molecule has 0 amide bonds. The Hall–Kier alpha value is 0.880. The van der Waals surface area contributed by atoms with Crippen molar-refractivity contribution in [1.29, 1.82) is 0 Å². The Balaban J connectivity index is 1.44. The average Bonchev–Trinajstić information content (AvgIpc) is 3.36. The molecule has 4 heteroatoms. The van der Waals surface area contributed by atoms with E-state index in [1.54, 1.807) is 0 Å². The van der Waals surface area contributed by atoms with E-state index in [-0.39, 0.29) is 11.2 Å². The Kier molecular flexibility index (Phi) is 2.25. The summed E-state index contributed by atoms with van der Waals surface area (Å²) < 4.78 is 14.1. The first kappa shape index (κ1) is 14.0. The zero-order valence-corrected chi connectivity index (χ0v) is 16.9. The lowest BCUT2D eigenvalue weighted by atomic mass is 9.72. The highest BCUT2D eigenvalue weighted by atomic mass is 79.9. The maximum Gasteiger partial charge on any atom is 0.0850 e. The maximum absolute atomic E-state index is 7.06. The molecule has 2 aliphatic heterocycles. The van der Waals surface area contributed by atoms with Crippen LogP contribution in [0.25, 0.3) is 0 Å². The first-order valence-corrected chi connectivity index (χ1v) is 12.5. The van der Waals surface area contributed by atoms with Crippen LogP contribution in [-0.2, 0) is 9.47 Å². The van der Waals surface area contributed by atoms with Gasteiger partial charge in [0.15, 0.2) is 0 Å². The van der Waals surface area contributed by atoms with Gasteiger partial charge in [0.05, 0.1) is 23.4 Å². The number of ether oxygens (including phenoxy) is 2. The minimum Gasteiger partial charge on any atom is -0.370 e. The van der Waals surface area contributed by atoms with Crippen molar-refractivity contribution < 1.29 is 9.47 Å². The molecule has 6 saturated carbocycles. The van der Waals surface area contributed by atoms with Crippen molar-refractivity contribution in [3.8, 4) is 0 Å². The van der Waals surface area contributed by atoms with Gasteiger partial charge in [-0.25, -0.2) is 0 Å². The summed E-state index contributed by atoms with van der Waals surface area (Å²) >= 11 is 7.98. The summed E-state index contributed by atoms with van der Waals surface area (Å²) in [6.07, 6.45) is 6.61. The zero-order chi connectivity index (χ0) is 15.6. The largest absolute Gasteiger partial charge is 0.370 e. The van der Waals surface area contributed by atoms with Crippen LogP contribution in [0.2, 0.25) is 0 Å². The molecule has 2 nitrogen and oxygen atoms in total. The fraction of sp³-hybridized carbons (Fsp3) is 1.00. The number of hydrogen-bond acceptors (Lipinski definition) is 2. The Morgan fingerprint density at radius 2 is 1.08 bits per heavy atom. The van der Waals surface area contributed by atoms with Crippen LogP contribution >= 0.6 is 31.9 Å². The summed E-state index contributed by atoms with van der Waals surface area (Å²) in [6, 6.07) is 0. The Morgan fingerprint density at radius 3 is 1.50 bits per heavy atom. The second-order valence-electron chi connectivity index (χ2n) is 10.4. The number of rotatable bonds is 2. The number of halogens is 2. The molecule has 130 valence electrons. The monoisotopic (exact) mass is 454 g/mol. The van der Waals surface area contributed by atoms with E-state index in [1.807, 2.05) is 0 Å². The first-order valence-electron chi connectivity index (χ1n) is 10.2. The second kappa shape index (κ2) is 3.86. The Bertz CT molecular complexity index is 614. The molecule has 8 rings (SSSR count). The smallest absolute Gasteiger partial charge is 0.0850 e. The summed E-state index contributed by atoms with van der Waals surface area (Å²) in [5.41, 5.74) is 0.390. The highest BCUT2D eigenvalue weighted by Crippen LogP contribution is 2.86. The van der Waals surface area contributed by atoms with Crippen molar-refractivity contribution in [3.63, 3.8) is 0 Å². The maximum atomic E-state index is 7.06. The molecule has 0 spiro atoms. The molecule has 2 saturated heterocycles. The van der Waals surface area contributed by atoms with E-state index in [9.17, 15) is 0 Å². The van der Waals surface area contributed by atoms with Crippen LogP contribution in [0, 0.1) is 59.2 Å². The normalized spacial score (nSPS) is 77.2. The molecule has 0 bridgehead atoms. The van der Waals surface area contributed by atoms with Crippen molar-refractivity contribution in [1.82, 2.24) is 0 Å². The summed E-state index contributed by atoms with van der Waals surface area (Å²) in [5.74, 6) is 8.72. The predicted octanol–water partition coefficient (Wildman–Crippen LogP) is 3.86. The van der Waals surface area contributed by atoms with Gasteiger partial charge in [0, 0.05) is 10.7 Å². The molecule has 8 fully saturated rings. The van der Waals surface area contributed by atoms with Crippen LogP contribution in [0.1, 0.15) is 25.7 Å². The van der Waals surface area contributed by atoms with Crippen LogP contribution < -0.4 is 0 Å². The van der Waals surface area contributed by atoms with Gasteiger partial charge < -0.3 is 9.47 Å². The van der Waals surface area contributed by atoms with E-state index in [0.29, 0.717) is 12.2 Å². The molecule has 0 aromatic carbocycles. The van der Waals surface area contributed by atoms with Crippen LogP contribution in [0.4, 0.5) is 0 Å². The minimum absolute atomic E-state index is 0.195. The minimum atomic E-state index is 0.195. The molecule has 0 radical (unpaired) electrons. The third-order valence-electron chi connectivity index (χ3n) is 10.7. The molecule has 24 heavy (non-hydrogen) atoms. The Morgan fingerprint density at radius 1 is 0.625 bits per heavy atom. The second-order valence-corrected chi connectivity index (χ2v) is 11.5. The summed E-state index contributed by atoms with van der Waals surface area (Å²) in [5, 5.41) is 2.19. The van der Waals surface area contributed by atoms with Crippen molar-refractivity contribution in [2.75, 3.05) is 10.7 Å². The molecule has 0 aromatic heterocycles. The van der Waals surface area contributed by atoms with Crippen molar-refractivity contribution >= 4 is 31.9 Å². The fourth-order valence-electron chi connectivity index (χ4n) is 11.1. The molecule has 13 unspecified atom stereocenters. The molecular formula is C20H24Br2O2. The van der Waals surface area contributed by atoms with Gasteiger partial charge >= 0.3 is 0 Å². The molecule has 8 aliphatic rings. The standard InChI is InChI=1S/C20H24Br2O2/c21-5-19-15-7-1-3-9-11(7)17-13(15)14-16(20(17,6-22)23-9)8-2-4-10(24-19)12(8)18(14)19/h7-18H,1-6H2/t7?,8?,9?,10?,11?,12?,13?,14?,15?,16?,17?,18?,19-,20?/m1/s1. The SMILES string of the molecule is BrCC12OC3CCC4C3C1C1C3C2C2CCC5O[C@](CBr)(C41)C3C52. The van der Waals surface area contributed by atoms with Crippen LogP contribution in [0.5, 0.6) is 0 Å². The van der Waals surface area contributed by atoms with Gasteiger partial charge in [0.1, 0.15) is 0 Å². The summed E-state index contributed by atoms with van der Waals surface area (Å²) in [6.45, 7) is 0. The quantitative estimate of drug-likeness (QED) is 0.588. The lowest BCUT2D eigenvalue weighted by Gasteiger charge is -2.39. The number of hydrogen-bond donors (Lipinski definition) is 0. The van der Waals surface area contributed by atoms with Gasteiger partial charge in [-0.2, -0.15) is 0 Å². The zero-order valence-electron chi connectivity index (χ0n) is 13.7. The third-order valence-corrected chi connectivity index (χ3v) is 12.4. The van der Waals surface area contributed by atoms with Gasteiger partial charge in [-0.1, -0.05) is 31.9 Å². The van der Waals surface area contributed by atoms with E-state index >= 15 is 0 Å². The third kappa shape index (κ3) is 1.03. The molecule has 2 heterocycles. The predicted molar refractivity (Wildman–Crippen MR) is 96.2 cm³/mol. The van der Waals surface area contributed by atoms with E-state index in [4.69, 9.17) is 9.47 Å². The van der Waals surface area contributed by atoms with E-state index in [0.717, 1.165) is 69.8 Å². The summed E-state index contributed by atoms with van der Waals surface area (Å²) in [4.78, 5) is 0. The Labute approximate surface area is 160 Å². The van der Waals surface area contributed by atoms with Gasteiger partial charge in [-0.15, -0.1) is 0 Å². The fourth-order valence-corrected chi connectivity index (χ4v) is 12.8. The summed E-state index contributed by atoms with van der Waals surface area (Å²) in [7, 11) is 0. The molecular weight excluding hydrogens is 432 g/mol. The van der Waals surface area contributed by atoms with Crippen molar-refractivity contribution in [3.05, 3.63) is 0 Å². The van der Waals surface area contributed by atoms with E-state index < -0.39 is 0 Å². The van der Waals surface area contributed by atoms with Crippen molar-refractivity contribution in [2.45, 2.75) is 49.1 Å². The van der Waals surface area contributed by atoms with Crippen molar-refractivity contribution in [2.24, 2.45) is 59.2 Å². The molecule has 14 atom stereocenters. The first-order chi connectivity index (χ1) is 11.8. The molecule has 0 aromatic rings. The highest BCUT2D eigenvalue weighted by molar-refractivity contribution is 9.09. The van der Waals surface area contributed by atoms with Crippen LogP contribution in [0.3, 0.4) is 0 Å². The average molecular weight is 456 g/mol. The van der Waals surface area contributed by atoms with Gasteiger partial charge in [-0.05, 0) is 84.9 Å². The lowest BCUT2D eigenvalue weighted by Crippen LogP contribution is -2.46. The van der Waals surface area contributed by atoms with Gasteiger partial charge in [-0.3, -0.25) is 0 Å². The van der Waals surface area contributed by atoms with E-state index in [1.165, 1.54) is 25.7 Å². The molecule has 0 N–H and O–H groups in total.